The fraction of sp³-hybridized carbons (Fsp3) is 0.733. The molecule has 0 spiro atoms. The number of esters is 1. The molecule has 0 saturated heterocycles. The van der Waals surface area contributed by atoms with Gasteiger partial charge in [0.15, 0.2) is 0 Å². The number of alkyl halides is 3. The standard InChI is InChI=1S/C13H25N3O4S2.C2HF3O2/c1-9(17)15-10(11(18)20-6)13(2,3)22-21-12(19)16(5)8-7-14-4;3-2(4,5)1(6)7/h10,14H,7-8H2,1-6H3,(H,15,17);(H,6,7)/p-1. The molecule has 170 valence electrons. The smallest absolute Gasteiger partial charge is 0.430 e. The van der Waals surface area contributed by atoms with Crippen LogP contribution in [0.4, 0.5) is 18.0 Å². The molecule has 0 rings (SSSR count). The van der Waals surface area contributed by atoms with E-state index in [9.17, 15) is 27.6 Å². The Balaban J connectivity index is 0. The Morgan fingerprint density at radius 3 is 2.03 bits per heavy atom. The number of carbonyl (C=O) groups is 4. The van der Waals surface area contributed by atoms with Crippen LogP contribution in [0.2, 0.25) is 0 Å². The van der Waals surface area contributed by atoms with E-state index in [2.05, 4.69) is 10.6 Å². The first-order valence-corrected chi connectivity index (χ1v) is 10.1. The van der Waals surface area contributed by atoms with Gasteiger partial charge in [-0.3, -0.25) is 9.59 Å². The van der Waals surface area contributed by atoms with Crippen molar-refractivity contribution in [1.29, 1.82) is 0 Å². The van der Waals surface area contributed by atoms with Crippen molar-refractivity contribution in [2.75, 3.05) is 34.3 Å². The summed E-state index contributed by atoms with van der Waals surface area (Å²) < 4.78 is 35.6. The highest BCUT2D eigenvalue weighted by molar-refractivity contribution is 8.82. The SMILES string of the molecule is CNCCN(C)C(=O)SSC(C)(C)C(NC(C)=O)C(=O)OC.O=C([O-])C(F)(F)F. The van der Waals surface area contributed by atoms with Gasteiger partial charge in [0.2, 0.25) is 5.91 Å². The first-order chi connectivity index (χ1) is 13.1. The molecule has 0 aromatic heterocycles. The van der Waals surface area contributed by atoms with Crippen molar-refractivity contribution in [3.05, 3.63) is 0 Å². The molecule has 1 atom stereocenters. The van der Waals surface area contributed by atoms with Gasteiger partial charge in [0.05, 0.1) is 11.9 Å². The van der Waals surface area contributed by atoms with Crippen molar-refractivity contribution in [3.63, 3.8) is 0 Å². The van der Waals surface area contributed by atoms with Crippen molar-refractivity contribution < 1.29 is 42.2 Å². The zero-order valence-corrected chi connectivity index (χ0v) is 18.5. The zero-order chi connectivity index (χ0) is 23.4. The Labute approximate surface area is 174 Å². The van der Waals surface area contributed by atoms with Gasteiger partial charge in [-0.05, 0) is 20.9 Å². The van der Waals surface area contributed by atoms with E-state index in [1.54, 1.807) is 25.8 Å². The minimum atomic E-state index is -5.19. The summed E-state index contributed by atoms with van der Waals surface area (Å²) in [6.07, 6.45) is -5.19. The monoisotopic (exact) mass is 464 g/mol. The molecule has 0 aromatic carbocycles. The largest absolute Gasteiger partial charge is 0.542 e. The van der Waals surface area contributed by atoms with Crippen LogP contribution >= 0.6 is 21.6 Å². The van der Waals surface area contributed by atoms with Gasteiger partial charge in [0, 0.05) is 37.9 Å². The molecule has 0 aliphatic heterocycles. The summed E-state index contributed by atoms with van der Waals surface area (Å²) in [6, 6.07) is -0.831. The van der Waals surface area contributed by atoms with Crippen LogP contribution in [0.1, 0.15) is 20.8 Å². The average molecular weight is 465 g/mol. The summed E-state index contributed by atoms with van der Waals surface area (Å²) >= 11 is 0. The molecule has 2 amide bonds. The topological polar surface area (TPSA) is 128 Å². The molecule has 9 nitrogen and oxygen atoms in total. The lowest BCUT2D eigenvalue weighted by Gasteiger charge is -2.31. The fourth-order valence-electron chi connectivity index (χ4n) is 1.46. The molecule has 0 aliphatic carbocycles. The Morgan fingerprint density at radius 1 is 1.21 bits per heavy atom. The third-order valence-electron chi connectivity index (χ3n) is 3.05. The fourth-order valence-corrected chi connectivity index (χ4v) is 3.75. The van der Waals surface area contributed by atoms with Gasteiger partial charge in [-0.2, -0.15) is 13.2 Å². The molecule has 0 saturated carbocycles. The second-order valence-corrected chi connectivity index (χ2v) is 8.74. The lowest BCUT2D eigenvalue weighted by Crippen LogP contribution is -2.52. The molecular weight excluding hydrogens is 439 g/mol. The van der Waals surface area contributed by atoms with Crippen LogP contribution in [-0.2, 0) is 19.1 Å². The maximum absolute atomic E-state index is 12.0. The Morgan fingerprint density at radius 2 is 1.69 bits per heavy atom. The second-order valence-electron chi connectivity index (χ2n) is 6.00. The number of nitrogens with zero attached hydrogens (tertiary/aromatic N) is 1. The number of methoxy groups -OCH3 is 1. The van der Waals surface area contributed by atoms with Crippen LogP contribution in [0.25, 0.3) is 0 Å². The Bertz CT molecular complexity index is 576. The molecule has 29 heavy (non-hydrogen) atoms. The molecule has 0 bridgehead atoms. The number of ether oxygens (including phenoxy) is 1. The number of hydrogen-bond donors (Lipinski definition) is 2. The van der Waals surface area contributed by atoms with Crippen molar-refractivity contribution in [1.82, 2.24) is 15.5 Å². The van der Waals surface area contributed by atoms with Crippen LogP contribution in [0, 0.1) is 0 Å². The lowest BCUT2D eigenvalue weighted by atomic mass is 10.0. The number of halogens is 3. The van der Waals surface area contributed by atoms with Gasteiger partial charge in [0.25, 0.3) is 5.24 Å². The van der Waals surface area contributed by atoms with Gasteiger partial charge >= 0.3 is 12.1 Å². The minimum absolute atomic E-state index is 0.111. The number of carboxylic acid groups (broad SMARTS) is 1. The molecule has 14 heteroatoms. The van der Waals surface area contributed by atoms with Crippen molar-refractivity contribution >= 4 is 44.7 Å². The quantitative estimate of drug-likeness (QED) is 0.387. The minimum Gasteiger partial charge on any atom is -0.542 e. The summed E-state index contributed by atoms with van der Waals surface area (Å²) in [6.45, 7) is 6.19. The maximum Gasteiger partial charge on any atom is 0.430 e. The van der Waals surface area contributed by atoms with Crippen molar-refractivity contribution in [3.8, 4) is 0 Å². The molecular formula is C15H25F3N3O6S2-. The van der Waals surface area contributed by atoms with E-state index in [4.69, 9.17) is 14.6 Å². The molecule has 0 aliphatic rings. The van der Waals surface area contributed by atoms with Crippen molar-refractivity contribution in [2.45, 2.75) is 37.7 Å². The van der Waals surface area contributed by atoms with E-state index < -0.39 is 28.9 Å². The van der Waals surface area contributed by atoms with E-state index in [1.807, 2.05) is 7.05 Å². The lowest BCUT2D eigenvalue weighted by molar-refractivity contribution is -0.344. The average Bonchev–Trinajstić information content (AvgIpc) is 2.60. The number of nitrogens with one attached hydrogen (secondary N) is 2. The number of likely N-dealkylation sites (N-methyl/N-ethyl adjacent to an activating group) is 2. The van der Waals surface area contributed by atoms with Crippen LogP contribution in [0.15, 0.2) is 0 Å². The van der Waals surface area contributed by atoms with E-state index in [-0.39, 0.29) is 11.1 Å². The number of rotatable bonds is 8. The van der Waals surface area contributed by atoms with Gasteiger partial charge in [-0.15, -0.1) is 0 Å². The zero-order valence-electron chi connectivity index (χ0n) is 16.8. The summed E-state index contributed by atoms with van der Waals surface area (Å²) in [5, 5.41) is 14.2. The van der Waals surface area contributed by atoms with Crippen LogP contribution in [0.5, 0.6) is 0 Å². The number of hydrogen-bond acceptors (Lipinski definition) is 9. The van der Waals surface area contributed by atoms with Crippen molar-refractivity contribution in [2.24, 2.45) is 0 Å². The molecule has 1 unspecified atom stereocenters. The Hall–Kier alpha value is -1.67. The van der Waals surface area contributed by atoms with Crippen LogP contribution < -0.4 is 15.7 Å². The molecule has 2 N–H and O–H groups in total. The van der Waals surface area contributed by atoms with Gasteiger partial charge in [-0.1, -0.05) is 10.8 Å². The van der Waals surface area contributed by atoms with Crippen LogP contribution in [0.3, 0.4) is 0 Å². The first-order valence-electron chi connectivity index (χ1n) is 7.98. The Kier molecular flexibility index (Phi) is 13.8. The van der Waals surface area contributed by atoms with Crippen LogP contribution in [-0.4, -0.2) is 79.2 Å². The molecule has 0 radical (unpaired) electrons. The summed E-state index contributed by atoms with van der Waals surface area (Å²) in [5.74, 6) is -3.87. The van der Waals surface area contributed by atoms with Gasteiger partial charge in [0.1, 0.15) is 12.0 Å². The third kappa shape index (κ3) is 13.2. The van der Waals surface area contributed by atoms with Gasteiger partial charge < -0.3 is 30.2 Å². The molecule has 0 fully saturated rings. The predicted molar refractivity (Wildman–Crippen MR) is 102 cm³/mol. The molecule has 0 aromatic rings. The predicted octanol–water partition coefficient (Wildman–Crippen LogP) is 0.394. The van der Waals surface area contributed by atoms with E-state index >= 15 is 0 Å². The van der Waals surface area contributed by atoms with E-state index in [0.717, 1.165) is 10.8 Å². The normalized spacial score (nSPS) is 12.2. The summed E-state index contributed by atoms with van der Waals surface area (Å²) in [4.78, 5) is 45.5. The number of aliphatic carboxylic acids is 1. The highest BCUT2D eigenvalue weighted by Crippen LogP contribution is 2.39. The highest BCUT2D eigenvalue weighted by Gasteiger charge is 2.38. The first kappa shape index (κ1) is 29.5. The van der Waals surface area contributed by atoms with Gasteiger partial charge in [-0.25, -0.2) is 4.79 Å². The number of carbonyl (C=O) groups excluding carboxylic acids is 4. The highest BCUT2D eigenvalue weighted by atomic mass is 33.1. The van der Waals surface area contributed by atoms with E-state index in [0.29, 0.717) is 13.1 Å². The maximum atomic E-state index is 12.0. The summed E-state index contributed by atoms with van der Waals surface area (Å²) in [5.41, 5.74) is 0. The number of carboxylic acids is 1. The third-order valence-corrected chi connectivity index (χ3v) is 6.22. The van der Waals surface area contributed by atoms with E-state index in [1.165, 1.54) is 24.8 Å². The summed E-state index contributed by atoms with van der Waals surface area (Å²) in [7, 11) is 7.07. The number of amides is 2. The molecule has 0 heterocycles. The second kappa shape index (κ2) is 13.5.